The fourth-order valence-corrected chi connectivity index (χ4v) is 11.3. The second-order valence-electron chi connectivity index (χ2n) is 26.1. The Balaban J connectivity index is 5.05. The number of hydrogen-bond acceptors (Lipinski definition) is 6. The van der Waals surface area contributed by atoms with Gasteiger partial charge in [0.25, 0.3) is 0 Å². The Morgan fingerprint density at radius 1 is 0.398 bits per heavy atom. The van der Waals surface area contributed by atoms with Crippen molar-refractivity contribution in [3.05, 3.63) is 97.2 Å². The van der Waals surface area contributed by atoms with Crippen LogP contribution in [0.25, 0.3) is 0 Å². The van der Waals surface area contributed by atoms with E-state index in [9.17, 15) is 19.0 Å². The molecule has 0 aromatic carbocycles. The number of carbonyl (C=O) groups is 2. The third-order valence-corrected chi connectivity index (χ3v) is 17.2. The summed E-state index contributed by atoms with van der Waals surface area (Å²) in [5.74, 6) is -0.508. The molecule has 2 N–H and O–H groups in total. The van der Waals surface area contributed by atoms with E-state index in [0.717, 1.165) is 103 Å². The molecule has 9 nitrogen and oxygen atoms in total. The summed E-state index contributed by atoms with van der Waals surface area (Å²) >= 11 is 0. The molecule has 0 spiro atoms. The summed E-state index contributed by atoms with van der Waals surface area (Å²) in [5.41, 5.74) is 0. The molecule has 0 bridgehead atoms. The maximum Gasteiger partial charge on any atom is 0.472 e. The highest BCUT2D eigenvalue weighted by atomic mass is 31.2. The molecule has 510 valence electrons. The van der Waals surface area contributed by atoms with E-state index in [4.69, 9.17) is 13.8 Å². The van der Waals surface area contributed by atoms with Gasteiger partial charge in [0.15, 0.2) is 0 Å². The molecule has 0 heterocycles. The van der Waals surface area contributed by atoms with E-state index in [1.54, 1.807) is 0 Å². The van der Waals surface area contributed by atoms with Gasteiger partial charge in [0.05, 0.1) is 33.8 Å². The summed E-state index contributed by atoms with van der Waals surface area (Å²) in [5, 5.41) is 3.07. The number of nitrogens with zero attached hydrogens (tertiary/aromatic N) is 1. The number of quaternary nitrogens is 1. The molecule has 0 saturated carbocycles. The molecule has 1 amide bonds. The molecule has 0 fully saturated rings. The second-order valence-corrected chi connectivity index (χ2v) is 27.6. The zero-order valence-corrected chi connectivity index (χ0v) is 59.3. The monoisotopic (exact) mass is 1250 g/mol. The number of rotatable bonds is 67. The molecule has 0 rings (SSSR count). The van der Waals surface area contributed by atoms with Crippen molar-refractivity contribution < 1.29 is 37.3 Å². The van der Waals surface area contributed by atoms with E-state index in [1.807, 2.05) is 33.3 Å². The number of phosphoric acid groups is 1. The predicted octanol–water partition coefficient (Wildman–Crippen LogP) is 23.8. The minimum Gasteiger partial charge on any atom is -0.456 e. The number of unbranched alkanes of at least 4 members (excludes halogenated alkanes) is 37. The summed E-state index contributed by atoms with van der Waals surface area (Å²) in [4.78, 5) is 38.0. The van der Waals surface area contributed by atoms with Crippen LogP contribution in [0.15, 0.2) is 97.2 Å². The van der Waals surface area contributed by atoms with Gasteiger partial charge < -0.3 is 19.4 Å². The summed E-state index contributed by atoms with van der Waals surface area (Å²) < 4.78 is 30.9. The second kappa shape index (κ2) is 66.8. The SMILES string of the molecule is CCCCC/C=C\C/C=C\C/C=C\C/C=C\CCCCCCCCCCCC(=O)OC(/C=C/CCCCCCCCCCCC)C(COP(=O)(O)OCC[N+](C)(C)C)NC(=O)CCCCCCCCCCCCCC/C=C\C/C=C\C/C=C\CCCCC. The number of esters is 1. The van der Waals surface area contributed by atoms with Crippen LogP contribution in [0.5, 0.6) is 0 Å². The zero-order valence-electron chi connectivity index (χ0n) is 58.5. The van der Waals surface area contributed by atoms with Gasteiger partial charge in [-0.25, -0.2) is 4.57 Å². The summed E-state index contributed by atoms with van der Waals surface area (Å²) in [7, 11) is 1.49. The maximum atomic E-state index is 13.6. The minimum absolute atomic E-state index is 0.0357. The Bertz CT molecular complexity index is 1830. The van der Waals surface area contributed by atoms with Crippen molar-refractivity contribution in [1.82, 2.24) is 5.32 Å². The Labute approximate surface area is 545 Å². The Morgan fingerprint density at radius 3 is 1.06 bits per heavy atom. The topological polar surface area (TPSA) is 111 Å². The molecule has 0 aromatic rings. The molecule has 0 aliphatic carbocycles. The van der Waals surface area contributed by atoms with Crippen molar-refractivity contribution in [3.63, 3.8) is 0 Å². The molecule has 3 unspecified atom stereocenters. The van der Waals surface area contributed by atoms with E-state index in [1.165, 1.54) is 199 Å². The fraction of sp³-hybridized carbons (Fsp3) is 0.769. The van der Waals surface area contributed by atoms with E-state index in [2.05, 4.69) is 111 Å². The lowest BCUT2D eigenvalue weighted by Gasteiger charge is -2.27. The molecule has 0 aromatic heterocycles. The van der Waals surface area contributed by atoms with Crippen molar-refractivity contribution >= 4 is 19.7 Å². The van der Waals surface area contributed by atoms with Gasteiger partial charge in [-0.15, -0.1) is 0 Å². The normalized spacial score (nSPS) is 14.0. The van der Waals surface area contributed by atoms with Crippen molar-refractivity contribution in [1.29, 1.82) is 0 Å². The van der Waals surface area contributed by atoms with E-state index >= 15 is 0 Å². The van der Waals surface area contributed by atoms with Gasteiger partial charge in [-0.1, -0.05) is 305 Å². The zero-order chi connectivity index (χ0) is 64.2. The van der Waals surface area contributed by atoms with Gasteiger partial charge in [-0.3, -0.25) is 18.6 Å². The lowest BCUT2D eigenvalue weighted by atomic mass is 10.0. The number of amides is 1. The lowest BCUT2D eigenvalue weighted by molar-refractivity contribution is -0.870. The standard InChI is InChI=1S/C78H141N2O7P/c1-7-10-13-16-19-22-25-28-30-32-34-36-38-40-42-44-46-48-50-52-55-58-61-64-67-70-77(81)79-75(74-86-88(83,84)85-73-72-80(4,5)6)76(69-66-63-60-57-54-27-24-21-18-15-12-9-3)87-78(82)71-68-65-62-59-56-53-51-49-47-45-43-41-39-37-35-33-31-29-26-23-20-17-14-11-8-2/h19-20,22-23,28-31,34-37,41,43,66,69,75-76H,7-18,21,24-27,32-33,38-40,42,44-65,67-68,70-74H2,1-6H3,(H-,79,81,83,84)/p+1/b22-19-,23-20-,30-28-,31-29-,36-34-,37-35-,43-41-,69-66+. The van der Waals surface area contributed by atoms with E-state index in [0.29, 0.717) is 17.4 Å². The average molecular weight is 1250 g/mol. The van der Waals surface area contributed by atoms with Gasteiger partial charge in [0, 0.05) is 12.8 Å². The van der Waals surface area contributed by atoms with E-state index in [-0.39, 0.29) is 31.5 Å². The van der Waals surface area contributed by atoms with Crippen LogP contribution in [0.3, 0.4) is 0 Å². The van der Waals surface area contributed by atoms with Gasteiger partial charge in [0.2, 0.25) is 5.91 Å². The number of nitrogens with one attached hydrogen (secondary N) is 1. The number of hydrogen-bond donors (Lipinski definition) is 2. The first-order valence-corrected chi connectivity index (χ1v) is 38.6. The number of carbonyl (C=O) groups excluding carboxylic acids is 2. The molecule has 0 radical (unpaired) electrons. The van der Waals surface area contributed by atoms with Gasteiger partial charge >= 0.3 is 13.8 Å². The number of allylic oxidation sites excluding steroid dienone is 15. The molecule has 0 aliphatic rings. The first-order valence-electron chi connectivity index (χ1n) is 37.1. The van der Waals surface area contributed by atoms with Crippen LogP contribution in [0.4, 0.5) is 0 Å². The van der Waals surface area contributed by atoms with Crippen LogP contribution in [0.2, 0.25) is 0 Å². The highest BCUT2D eigenvalue weighted by Crippen LogP contribution is 2.43. The molecular formula is C78H142N2O7P+. The molecule has 0 aliphatic heterocycles. The quantitative estimate of drug-likeness (QED) is 0.0205. The van der Waals surface area contributed by atoms with Crippen LogP contribution in [0.1, 0.15) is 335 Å². The van der Waals surface area contributed by atoms with Crippen molar-refractivity contribution in [2.45, 2.75) is 348 Å². The van der Waals surface area contributed by atoms with Crippen molar-refractivity contribution in [2.75, 3.05) is 40.9 Å². The van der Waals surface area contributed by atoms with Gasteiger partial charge in [-0.05, 0) is 115 Å². The third-order valence-electron chi connectivity index (χ3n) is 16.2. The van der Waals surface area contributed by atoms with Crippen LogP contribution < -0.4 is 5.32 Å². The number of phosphoric ester groups is 1. The van der Waals surface area contributed by atoms with Gasteiger partial charge in [-0.2, -0.15) is 0 Å². The van der Waals surface area contributed by atoms with E-state index < -0.39 is 20.0 Å². The van der Waals surface area contributed by atoms with Gasteiger partial charge in [0.1, 0.15) is 19.3 Å². The largest absolute Gasteiger partial charge is 0.472 e. The number of likely N-dealkylation sites (N-methyl/N-ethyl adjacent to an activating group) is 1. The highest BCUT2D eigenvalue weighted by Gasteiger charge is 2.30. The Hall–Kier alpha value is -3.07. The molecule has 88 heavy (non-hydrogen) atoms. The smallest absolute Gasteiger partial charge is 0.456 e. The molecule has 0 saturated heterocycles. The Kier molecular flexibility index (Phi) is 64.5. The summed E-state index contributed by atoms with van der Waals surface area (Å²) in [6.07, 6.45) is 91.3. The van der Waals surface area contributed by atoms with Crippen LogP contribution >= 0.6 is 7.82 Å². The first-order chi connectivity index (χ1) is 42.9. The Morgan fingerprint density at radius 2 is 0.693 bits per heavy atom. The van der Waals surface area contributed by atoms with Crippen LogP contribution in [-0.2, 0) is 27.9 Å². The van der Waals surface area contributed by atoms with Crippen molar-refractivity contribution in [3.8, 4) is 0 Å². The molecule has 10 heteroatoms. The highest BCUT2D eigenvalue weighted by molar-refractivity contribution is 7.47. The third kappa shape index (κ3) is 67.3. The first kappa shape index (κ1) is 84.9. The summed E-state index contributed by atoms with van der Waals surface area (Å²) in [6.45, 7) is 6.98. The van der Waals surface area contributed by atoms with Crippen LogP contribution in [-0.4, -0.2) is 74.3 Å². The summed E-state index contributed by atoms with van der Waals surface area (Å²) in [6, 6.07) is -0.858. The number of ether oxygens (including phenoxy) is 1. The average Bonchev–Trinajstić information content (AvgIpc) is 3.52. The van der Waals surface area contributed by atoms with Crippen molar-refractivity contribution in [2.24, 2.45) is 0 Å². The predicted molar refractivity (Wildman–Crippen MR) is 383 cm³/mol. The fourth-order valence-electron chi connectivity index (χ4n) is 10.5. The molecular weight excluding hydrogens is 1110 g/mol. The maximum absolute atomic E-state index is 13.6. The van der Waals surface area contributed by atoms with Crippen LogP contribution in [0, 0.1) is 0 Å². The molecule has 3 atom stereocenters. The minimum atomic E-state index is -4.46. The lowest BCUT2D eigenvalue weighted by Crippen LogP contribution is -2.47.